The van der Waals surface area contributed by atoms with Crippen molar-refractivity contribution in [2.45, 2.75) is 71.3 Å². The van der Waals surface area contributed by atoms with Crippen LogP contribution in [0.15, 0.2) is 66.9 Å². The lowest BCUT2D eigenvalue weighted by atomic mass is 9.88. The summed E-state index contributed by atoms with van der Waals surface area (Å²) in [5.41, 5.74) is 9.45. The summed E-state index contributed by atoms with van der Waals surface area (Å²) in [5.74, 6) is 1.74. The van der Waals surface area contributed by atoms with E-state index in [4.69, 9.17) is 9.47 Å². The van der Waals surface area contributed by atoms with E-state index < -0.39 is 0 Å². The van der Waals surface area contributed by atoms with Crippen molar-refractivity contribution in [3.63, 3.8) is 0 Å². The molecule has 4 aromatic rings. The highest BCUT2D eigenvalue weighted by atomic mass is 16.5. The Labute approximate surface area is 265 Å². The van der Waals surface area contributed by atoms with Crippen LogP contribution >= 0.6 is 0 Å². The van der Waals surface area contributed by atoms with Crippen molar-refractivity contribution in [2.75, 3.05) is 19.7 Å². The predicted molar refractivity (Wildman–Crippen MR) is 174 cm³/mol. The zero-order valence-corrected chi connectivity index (χ0v) is 26.4. The molecule has 1 aliphatic heterocycles. The van der Waals surface area contributed by atoms with Gasteiger partial charge in [0, 0.05) is 24.6 Å². The minimum absolute atomic E-state index is 0.0389. The lowest BCUT2D eigenvalue weighted by Crippen LogP contribution is -2.38. The summed E-state index contributed by atoms with van der Waals surface area (Å²) < 4.78 is 13.8. The second kappa shape index (κ2) is 12.2. The van der Waals surface area contributed by atoms with Crippen LogP contribution < -0.4 is 4.74 Å². The van der Waals surface area contributed by atoms with E-state index in [1.54, 1.807) is 17.8 Å². The molecular formula is C38H41N3O4. The van der Waals surface area contributed by atoms with Crippen LogP contribution in [0.4, 0.5) is 0 Å². The number of esters is 1. The zero-order valence-electron chi connectivity index (χ0n) is 26.4. The SMILES string of the molecule is CCOC(=O)c1cnn(-c2cccc(-c3cccc4c3[C@@H](Oc3ccc(C5CCN(C(=O)C6CC6)CC5)cc3C)CC4)c2)c1C. The first-order valence-corrected chi connectivity index (χ1v) is 16.4. The highest BCUT2D eigenvalue weighted by Gasteiger charge is 2.35. The molecule has 0 unspecified atom stereocenters. The van der Waals surface area contributed by atoms with Gasteiger partial charge >= 0.3 is 5.97 Å². The molecule has 232 valence electrons. The number of benzene rings is 3. The van der Waals surface area contributed by atoms with Crippen molar-refractivity contribution in [2.24, 2.45) is 5.92 Å². The van der Waals surface area contributed by atoms with Gasteiger partial charge in [0.25, 0.3) is 0 Å². The molecule has 0 radical (unpaired) electrons. The van der Waals surface area contributed by atoms with E-state index in [0.29, 0.717) is 29.9 Å². The van der Waals surface area contributed by atoms with Gasteiger partial charge in [0.15, 0.2) is 0 Å². The molecule has 3 aliphatic rings. The van der Waals surface area contributed by atoms with Gasteiger partial charge in [0.2, 0.25) is 5.91 Å². The van der Waals surface area contributed by atoms with Crippen molar-refractivity contribution in [3.05, 3.63) is 100 Å². The molecule has 7 nitrogen and oxygen atoms in total. The van der Waals surface area contributed by atoms with Gasteiger partial charge in [0.05, 0.1) is 24.2 Å². The van der Waals surface area contributed by atoms with E-state index in [1.807, 2.05) is 19.1 Å². The molecule has 1 amide bonds. The molecule has 2 aliphatic carbocycles. The number of aromatic nitrogens is 2. The van der Waals surface area contributed by atoms with Crippen LogP contribution in [0.2, 0.25) is 0 Å². The molecule has 0 N–H and O–H groups in total. The van der Waals surface area contributed by atoms with Crippen LogP contribution in [-0.4, -0.2) is 46.3 Å². The minimum atomic E-state index is -0.354. The van der Waals surface area contributed by atoms with Gasteiger partial charge in [-0.3, -0.25) is 4.79 Å². The molecule has 7 heteroatoms. The average Bonchev–Trinajstić information content (AvgIpc) is 3.72. The minimum Gasteiger partial charge on any atom is -0.485 e. The number of carbonyl (C=O) groups excluding carboxylic acids is 2. The number of hydrogen-bond donors (Lipinski definition) is 0. The molecule has 2 fully saturated rings. The predicted octanol–water partition coefficient (Wildman–Crippen LogP) is 7.52. The molecule has 45 heavy (non-hydrogen) atoms. The van der Waals surface area contributed by atoms with E-state index in [9.17, 15) is 9.59 Å². The van der Waals surface area contributed by atoms with E-state index in [-0.39, 0.29) is 12.1 Å². The molecule has 3 aromatic carbocycles. The highest BCUT2D eigenvalue weighted by molar-refractivity contribution is 5.90. The molecule has 7 rings (SSSR count). The zero-order chi connectivity index (χ0) is 31.1. The van der Waals surface area contributed by atoms with Crippen molar-refractivity contribution >= 4 is 11.9 Å². The number of aryl methyl sites for hydroxylation is 2. The van der Waals surface area contributed by atoms with Crippen molar-refractivity contribution in [3.8, 4) is 22.6 Å². The fourth-order valence-corrected chi connectivity index (χ4v) is 7.13. The summed E-state index contributed by atoms with van der Waals surface area (Å²) in [7, 11) is 0. The Morgan fingerprint density at radius 1 is 0.933 bits per heavy atom. The van der Waals surface area contributed by atoms with Crippen molar-refractivity contribution in [1.29, 1.82) is 0 Å². The monoisotopic (exact) mass is 603 g/mol. The first kappa shape index (κ1) is 29.3. The maximum atomic E-state index is 12.5. The van der Waals surface area contributed by atoms with Gasteiger partial charge in [-0.1, -0.05) is 42.5 Å². The van der Waals surface area contributed by atoms with E-state index in [2.05, 4.69) is 65.5 Å². The van der Waals surface area contributed by atoms with Gasteiger partial charge in [0.1, 0.15) is 17.4 Å². The number of hydrogen-bond acceptors (Lipinski definition) is 5. The molecule has 0 bridgehead atoms. The first-order valence-electron chi connectivity index (χ1n) is 16.4. The number of rotatable bonds is 8. The number of ether oxygens (including phenoxy) is 2. The summed E-state index contributed by atoms with van der Waals surface area (Å²) in [6.45, 7) is 7.90. The van der Waals surface area contributed by atoms with Gasteiger partial charge in [-0.25, -0.2) is 9.48 Å². The molecule has 1 saturated heterocycles. The number of nitrogens with zero attached hydrogens (tertiary/aromatic N) is 3. The lowest BCUT2D eigenvalue weighted by molar-refractivity contribution is -0.133. The third-order valence-corrected chi connectivity index (χ3v) is 9.77. The quantitative estimate of drug-likeness (QED) is 0.195. The molecule has 1 aromatic heterocycles. The lowest BCUT2D eigenvalue weighted by Gasteiger charge is -2.32. The summed E-state index contributed by atoms with van der Waals surface area (Å²) in [5, 5.41) is 4.51. The van der Waals surface area contributed by atoms with Crippen molar-refractivity contribution < 1.29 is 19.1 Å². The molecule has 0 spiro atoms. The maximum absolute atomic E-state index is 12.5. The Bertz CT molecular complexity index is 1750. The van der Waals surface area contributed by atoms with Crippen molar-refractivity contribution in [1.82, 2.24) is 14.7 Å². The Hall–Kier alpha value is -4.39. The normalized spacial score (nSPS) is 18.1. The Morgan fingerprint density at radius 2 is 1.73 bits per heavy atom. The molecule has 1 saturated carbocycles. The second-order valence-corrected chi connectivity index (χ2v) is 12.7. The molecule has 2 heterocycles. The van der Waals surface area contributed by atoms with Crippen LogP contribution in [0.3, 0.4) is 0 Å². The summed E-state index contributed by atoms with van der Waals surface area (Å²) in [6, 6.07) is 21.5. The first-order chi connectivity index (χ1) is 21.9. The largest absolute Gasteiger partial charge is 0.485 e. The second-order valence-electron chi connectivity index (χ2n) is 12.7. The van der Waals surface area contributed by atoms with Crippen LogP contribution in [0.5, 0.6) is 5.75 Å². The van der Waals surface area contributed by atoms with E-state index >= 15 is 0 Å². The van der Waals surface area contributed by atoms with E-state index in [1.165, 1.54) is 16.7 Å². The fourth-order valence-electron chi connectivity index (χ4n) is 7.13. The summed E-state index contributed by atoms with van der Waals surface area (Å²) in [4.78, 5) is 27.0. The topological polar surface area (TPSA) is 73.7 Å². The Balaban J connectivity index is 1.10. The molecule has 1 atom stereocenters. The van der Waals surface area contributed by atoms with Crippen LogP contribution in [0, 0.1) is 19.8 Å². The third kappa shape index (κ3) is 5.76. The van der Waals surface area contributed by atoms with Crippen LogP contribution in [0.1, 0.15) is 89.4 Å². The number of carbonyl (C=O) groups is 2. The Morgan fingerprint density at radius 3 is 2.49 bits per heavy atom. The average molecular weight is 604 g/mol. The number of amides is 1. The fraction of sp³-hybridized carbons (Fsp3) is 0.395. The maximum Gasteiger partial charge on any atom is 0.341 e. The van der Waals surface area contributed by atoms with Gasteiger partial charge in [-0.15, -0.1) is 0 Å². The number of likely N-dealkylation sites (tertiary alicyclic amines) is 1. The number of piperidine rings is 1. The molecular weight excluding hydrogens is 562 g/mol. The van der Waals surface area contributed by atoms with Crippen LogP contribution in [0.25, 0.3) is 16.8 Å². The van der Waals surface area contributed by atoms with Crippen LogP contribution in [-0.2, 0) is 16.0 Å². The van der Waals surface area contributed by atoms with Gasteiger partial charge in [-0.2, -0.15) is 5.10 Å². The number of fused-ring (bicyclic) bond motifs is 1. The third-order valence-electron chi connectivity index (χ3n) is 9.77. The van der Waals surface area contributed by atoms with Gasteiger partial charge in [-0.05, 0) is 111 Å². The summed E-state index contributed by atoms with van der Waals surface area (Å²) in [6.07, 6.45) is 7.65. The summed E-state index contributed by atoms with van der Waals surface area (Å²) >= 11 is 0. The smallest absolute Gasteiger partial charge is 0.341 e. The standard InChI is InChI=1S/C38H41N3O4/c1-4-44-38(43)33-23-39-41(25(33)3)31-9-5-8-30(22-31)32-10-6-7-27-13-16-35(36(27)32)45-34-15-14-29(21-24(34)2)26-17-19-40(20-18-26)37(42)28-11-12-28/h5-10,14-15,21-23,26,28,35H,4,11-13,16-20H2,1-3H3/t35-/m0/s1. The van der Waals surface area contributed by atoms with Gasteiger partial charge < -0.3 is 14.4 Å². The Kier molecular flexibility index (Phi) is 7.94. The highest BCUT2D eigenvalue weighted by Crippen LogP contribution is 2.43. The van der Waals surface area contributed by atoms with E-state index in [0.717, 1.165) is 85.4 Å².